The molecule has 2 N–H and O–H groups in total. The van der Waals surface area contributed by atoms with Gasteiger partial charge in [-0.2, -0.15) is 0 Å². The first-order chi connectivity index (χ1) is 16.9. The molecule has 190 valence electrons. The number of hydrogen-bond acceptors (Lipinski definition) is 6. The van der Waals surface area contributed by atoms with Crippen molar-refractivity contribution in [2.24, 2.45) is 11.8 Å². The fourth-order valence-corrected chi connectivity index (χ4v) is 3.46. The second kappa shape index (κ2) is 14.7. The lowest BCUT2D eigenvalue weighted by Gasteiger charge is -2.28. The Morgan fingerprint density at radius 1 is 1.17 bits per heavy atom. The number of nitrogens with one attached hydrogen (secondary N) is 2. The maximum absolute atomic E-state index is 13.5. The number of urea groups is 1. The molecule has 0 radical (unpaired) electrons. The number of carbonyl (C=O) groups excluding carboxylic acids is 3. The number of aromatic nitrogens is 1. The summed E-state index contributed by atoms with van der Waals surface area (Å²) in [5.41, 5.74) is 0.897. The van der Waals surface area contributed by atoms with Crippen molar-refractivity contribution in [1.82, 2.24) is 15.4 Å². The Balaban J connectivity index is 2.05. The molecule has 1 heterocycles. The highest BCUT2D eigenvalue weighted by atomic mass is 19.3. The van der Waals surface area contributed by atoms with Crippen LogP contribution in [0.25, 0.3) is 0 Å². The van der Waals surface area contributed by atoms with Crippen LogP contribution in [0.5, 0.6) is 5.75 Å². The fourth-order valence-electron chi connectivity index (χ4n) is 3.46. The summed E-state index contributed by atoms with van der Waals surface area (Å²) in [7, 11) is 0. The molecule has 2 aromatic rings. The number of carbonyl (C=O) groups is 3. The summed E-state index contributed by atoms with van der Waals surface area (Å²) in [5.74, 6) is -0.848. The van der Waals surface area contributed by atoms with Gasteiger partial charge >= 0.3 is 6.03 Å². The summed E-state index contributed by atoms with van der Waals surface area (Å²) in [6.45, 7) is 5.95. The Morgan fingerprint density at radius 3 is 2.49 bits per heavy atom. The average Bonchev–Trinajstić information content (AvgIpc) is 2.87. The molecule has 0 aliphatic heterocycles. The SMILES string of the molecule is CCCC[C@@H](CN(C=O)OCc1ccccc1)C(=O)[C@@H](NC(=O)Nc1ccc(OF)cn1)C(C)C. The molecule has 0 fully saturated rings. The standard InChI is InChI=1S/C25H33FN4O5/c1-4-5-11-20(15-30(17-31)34-16-19-9-7-6-8-10-19)24(32)23(18(2)3)29-25(33)28-22-13-12-21(35-26)14-27-22/h6-10,12-14,17-18,20,23H,4-5,11,15-16H2,1-3H3,(H2,27,28,29,33)/t20-,23-/m0/s1. The lowest BCUT2D eigenvalue weighted by Crippen LogP contribution is -2.50. The van der Waals surface area contributed by atoms with Crippen LogP contribution in [-0.2, 0) is 21.0 Å². The molecule has 10 heteroatoms. The average molecular weight is 489 g/mol. The zero-order valence-corrected chi connectivity index (χ0v) is 20.3. The second-order valence-corrected chi connectivity index (χ2v) is 8.48. The molecule has 9 nitrogen and oxygen atoms in total. The zero-order valence-electron chi connectivity index (χ0n) is 20.3. The Hall–Kier alpha value is -3.53. The van der Waals surface area contributed by atoms with E-state index in [2.05, 4.69) is 20.6 Å². The number of pyridine rings is 1. The number of halogens is 1. The topological polar surface area (TPSA) is 110 Å². The van der Waals surface area contributed by atoms with Crippen LogP contribution in [0, 0.1) is 11.8 Å². The van der Waals surface area contributed by atoms with Crippen LogP contribution in [0.3, 0.4) is 0 Å². The molecule has 0 aliphatic rings. The lowest BCUT2D eigenvalue weighted by molar-refractivity contribution is -0.182. The van der Waals surface area contributed by atoms with E-state index in [1.807, 2.05) is 51.1 Å². The Kier molecular flexibility index (Phi) is 11.6. The van der Waals surface area contributed by atoms with Gasteiger partial charge in [-0.15, -0.1) is 0 Å². The van der Waals surface area contributed by atoms with Gasteiger partial charge in [0.15, 0.2) is 11.5 Å². The third kappa shape index (κ3) is 9.32. The summed E-state index contributed by atoms with van der Waals surface area (Å²) < 4.78 is 12.2. The van der Waals surface area contributed by atoms with Crippen molar-refractivity contribution >= 4 is 24.0 Å². The highest BCUT2D eigenvalue weighted by Gasteiger charge is 2.31. The number of hydroxylamine groups is 2. The molecule has 0 spiro atoms. The summed E-state index contributed by atoms with van der Waals surface area (Å²) in [4.78, 5) is 50.8. The predicted molar refractivity (Wildman–Crippen MR) is 129 cm³/mol. The van der Waals surface area contributed by atoms with Crippen molar-refractivity contribution in [3.8, 4) is 5.75 Å². The van der Waals surface area contributed by atoms with Crippen molar-refractivity contribution in [2.75, 3.05) is 11.9 Å². The molecule has 0 aliphatic carbocycles. The number of rotatable bonds is 15. The van der Waals surface area contributed by atoms with Gasteiger partial charge in [-0.25, -0.2) is 14.8 Å². The first-order valence-electron chi connectivity index (χ1n) is 11.6. The molecule has 35 heavy (non-hydrogen) atoms. The molecule has 2 rings (SSSR count). The van der Waals surface area contributed by atoms with E-state index in [0.29, 0.717) is 12.8 Å². The highest BCUT2D eigenvalue weighted by molar-refractivity contribution is 5.95. The molecule has 3 amide bonds. The summed E-state index contributed by atoms with van der Waals surface area (Å²) >= 11 is 0. The third-order valence-corrected chi connectivity index (χ3v) is 5.39. The maximum Gasteiger partial charge on any atom is 0.320 e. The zero-order chi connectivity index (χ0) is 25.6. The lowest BCUT2D eigenvalue weighted by atomic mass is 9.87. The summed E-state index contributed by atoms with van der Waals surface area (Å²) in [6.07, 6.45) is 3.89. The maximum atomic E-state index is 13.5. The van der Waals surface area contributed by atoms with Crippen LogP contribution in [0.15, 0.2) is 48.7 Å². The molecular weight excluding hydrogens is 455 g/mol. The number of anilines is 1. The minimum atomic E-state index is -0.798. The van der Waals surface area contributed by atoms with E-state index in [-0.39, 0.29) is 36.4 Å². The van der Waals surface area contributed by atoms with E-state index in [1.165, 1.54) is 12.1 Å². The molecule has 0 bridgehead atoms. The third-order valence-electron chi connectivity index (χ3n) is 5.39. The quantitative estimate of drug-likeness (QED) is 0.283. The Bertz CT molecular complexity index is 927. The number of unbranched alkanes of at least 4 members (excludes halogenated alkanes) is 1. The number of hydrogen-bond donors (Lipinski definition) is 2. The first-order valence-corrected chi connectivity index (χ1v) is 11.6. The van der Waals surface area contributed by atoms with Crippen LogP contribution in [-0.4, -0.2) is 40.9 Å². The molecule has 0 saturated heterocycles. The van der Waals surface area contributed by atoms with Crippen molar-refractivity contribution in [1.29, 1.82) is 0 Å². The smallest absolute Gasteiger partial charge is 0.320 e. The minimum absolute atomic E-state index is 0.0773. The van der Waals surface area contributed by atoms with Gasteiger partial charge in [0.2, 0.25) is 6.41 Å². The Morgan fingerprint density at radius 2 is 1.91 bits per heavy atom. The van der Waals surface area contributed by atoms with Crippen molar-refractivity contribution < 1.29 is 28.7 Å². The molecule has 0 unspecified atom stereocenters. The minimum Gasteiger partial charge on any atom is -0.328 e. The number of ketones is 1. The molecule has 1 aromatic carbocycles. The molecule has 0 saturated carbocycles. The largest absolute Gasteiger partial charge is 0.328 e. The van der Waals surface area contributed by atoms with E-state index in [9.17, 15) is 18.9 Å². The van der Waals surface area contributed by atoms with E-state index in [1.54, 1.807) is 0 Å². The van der Waals surface area contributed by atoms with E-state index in [4.69, 9.17) is 4.84 Å². The van der Waals surface area contributed by atoms with E-state index in [0.717, 1.165) is 29.7 Å². The van der Waals surface area contributed by atoms with Gasteiger partial charge in [-0.05, 0) is 30.0 Å². The van der Waals surface area contributed by atoms with E-state index >= 15 is 0 Å². The van der Waals surface area contributed by atoms with Gasteiger partial charge in [0, 0.05) is 10.4 Å². The monoisotopic (exact) mass is 488 g/mol. The van der Waals surface area contributed by atoms with Gasteiger partial charge in [0.1, 0.15) is 12.4 Å². The number of Topliss-reactive ketones (excluding diaryl/α,β-unsaturated/α-hetero) is 1. The summed E-state index contributed by atoms with van der Waals surface area (Å²) in [5, 5.41) is 6.37. The first kappa shape index (κ1) is 27.7. The highest BCUT2D eigenvalue weighted by Crippen LogP contribution is 2.18. The van der Waals surface area contributed by atoms with Crippen LogP contribution >= 0.6 is 0 Å². The van der Waals surface area contributed by atoms with Crippen molar-refractivity contribution in [2.45, 2.75) is 52.7 Å². The van der Waals surface area contributed by atoms with Crippen molar-refractivity contribution in [3.05, 3.63) is 54.2 Å². The summed E-state index contributed by atoms with van der Waals surface area (Å²) in [6, 6.07) is 10.7. The van der Waals surface area contributed by atoms with Crippen LogP contribution in [0.1, 0.15) is 45.6 Å². The van der Waals surface area contributed by atoms with Gasteiger partial charge < -0.3 is 5.32 Å². The van der Waals surface area contributed by atoms with E-state index < -0.39 is 18.0 Å². The molecule has 2 atom stereocenters. The van der Waals surface area contributed by atoms with Gasteiger partial charge in [0.05, 0.1) is 18.8 Å². The molecule has 1 aromatic heterocycles. The number of amides is 3. The second-order valence-electron chi connectivity index (χ2n) is 8.48. The number of benzene rings is 1. The molecular formula is C25H33FN4O5. The Labute approximate surface area is 204 Å². The van der Waals surface area contributed by atoms with Crippen molar-refractivity contribution in [3.63, 3.8) is 0 Å². The van der Waals surface area contributed by atoms with Crippen LogP contribution in [0.2, 0.25) is 0 Å². The van der Waals surface area contributed by atoms with Crippen LogP contribution < -0.4 is 15.6 Å². The van der Waals surface area contributed by atoms with Crippen LogP contribution in [0.4, 0.5) is 15.1 Å². The van der Waals surface area contributed by atoms with Gasteiger partial charge in [0.25, 0.3) is 0 Å². The van der Waals surface area contributed by atoms with Gasteiger partial charge in [-0.1, -0.05) is 63.9 Å². The number of nitrogens with zero attached hydrogens (tertiary/aromatic N) is 2. The normalized spacial score (nSPS) is 12.5. The predicted octanol–water partition coefficient (Wildman–Crippen LogP) is 4.46. The van der Waals surface area contributed by atoms with Gasteiger partial charge in [-0.3, -0.25) is 24.7 Å². The fraction of sp³-hybridized carbons (Fsp3) is 0.440.